The molecule has 8 nitrogen and oxygen atoms in total. The molecule has 2 amide bonds. The van der Waals surface area contributed by atoms with Gasteiger partial charge >= 0.3 is 5.97 Å². The van der Waals surface area contributed by atoms with E-state index in [1.807, 2.05) is 61.5 Å². The molecule has 2 N–H and O–H groups in total. The summed E-state index contributed by atoms with van der Waals surface area (Å²) < 4.78 is 10.9. The molecule has 1 heterocycles. The standard InChI is InChI=1S/C24H29N3O5/c1-2-13-31-23(29)15-21-24(30)25-11-12-27(21)22(28)16-26-19-9-6-10-20(14-19)32-17-18-7-4-3-5-8-18/h3-10,14,21,26H,2,11-13,15-17H2,1H3,(H,25,30). The van der Waals surface area contributed by atoms with Crippen LogP contribution in [0.1, 0.15) is 25.3 Å². The van der Waals surface area contributed by atoms with Gasteiger partial charge in [-0.05, 0) is 24.1 Å². The highest BCUT2D eigenvalue weighted by molar-refractivity contribution is 5.93. The van der Waals surface area contributed by atoms with E-state index < -0.39 is 12.0 Å². The van der Waals surface area contributed by atoms with Gasteiger partial charge < -0.3 is 25.0 Å². The van der Waals surface area contributed by atoms with Crippen LogP contribution in [-0.2, 0) is 25.7 Å². The minimum absolute atomic E-state index is 0.00404. The van der Waals surface area contributed by atoms with Crippen LogP contribution in [0.5, 0.6) is 5.75 Å². The first-order valence-corrected chi connectivity index (χ1v) is 10.8. The van der Waals surface area contributed by atoms with E-state index in [1.165, 1.54) is 4.90 Å². The topological polar surface area (TPSA) is 97.0 Å². The predicted octanol–water partition coefficient (Wildman–Crippen LogP) is 2.35. The van der Waals surface area contributed by atoms with Gasteiger partial charge in [0.25, 0.3) is 0 Å². The first-order chi connectivity index (χ1) is 15.6. The summed E-state index contributed by atoms with van der Waals surface area (Å²) >= 11 is 0. The maximum atomic E-state index is 12.8. The van der Waals surface area contributed by atoms with Gasteiger partial charge in [-0.15, -0.1) is 0 Å². The first-order valence-electron chi connectivity index (χ1n) is 10.8. The van der Waals surface area contributed by atoms with E-state index in [1.54, 1.807) is 0 Å². The molecular formula is C24H29N3O5. The van der Waals surface area contributed by atoms with E-state index in [0.717, 1.165) is 11.3 Å². The fraction of sp³-hybridized carbons (Fsp3) is 0.375. The molecule has 0 saturated carbocycles. The van der Waals surface area contributed by atoms with E-state index in [4.69, 9.17) is 9.47 Å². The Kier molecular flexibility index (Phi) is 8.48. The number of esters is 1. The SMILES string of the molecule is CCCOC(=O)CC1C(=O)NCCN1C(=O)CNc1cccc(OCc2ccccc2)c1. The molecule has 0 aromatic heterocycles. The molecule has 1 aliphatic rings. The summed E-state index contributed by atoms with van der Waals surface area (Å²) in [6, 6.07) is 16.3. The van der Waals surface area contributed by atoms with Crippen LogP contribution in [0, 0.1) is 0 Å². The summed E-state index contributed by atoms with van der Waals surface area (Å²) in [6.45, 7) is 3.33. The molecule has 0 radical (unpaired) electrons. The number of nitrogens with one attached hydrogen (secondary N) is 2. The van der Waals surface area contributed by atoms with Crippen LogP contribution in [0.15, 0.2) is 54.6 Å². The Morgan fingerprint density at radius 3 is 2.75 bits per heavy atom. The minimum Gasteiger partial charge on any atom is -0.489 e. The second-order valence-corrected chi connectivity index (χ2v) is 7.47. The van der Waals surface area contributed by atoms with Gasteiger partial charge in [-0.25, -0.2) is 0 Å². The Labute approximate surface area is 187 Å². The van der Waals surface area contributed by atoms with Gasteiger partial charge in [0, 0.05) is 24.8 Å². The predicted molar refractivity (Wildman–Crippen MR) is 120 cm³/mol. The second kappa shape index (κ2) is 11.7. The van der Waals surface area contributed by atoms with E-state index in [0.29, 0.717) is 38.5 Å². The lowest BCUT2D eigenvalue weighted by atomic mass is 10.1. The lowest BCUT2D eigenvalue weighted by Gasteiger charge is -2.34. The van der Waals surface area contributed by atoms with Crippen molar-refractivity contribution >= 4 is 23.5 Å². The van der Waals surface area contributed by atoms with Crippen LogP contribution < -0.4 is 15.4 Å². The normalized spacial score (nSPS) is 15.6. The van der Waals surface area contributed by atoms with Crippen LogP contribution in [0.4, 0.5) is 5.69 Å². The number of carbonyl (C=O) groups is 3. The third-order valence-corrected chi connectivity index (χ3v) is 5.00. The summed E-state index contributed by atoms with van der Waals surface area (Å²) in [6.07, 6.45) is 0.545. The van der Waals surface area contributed by atoms with Crippen molar-refractivity contribution in [3.63, 3.8) is 0 Å². The number of carbonyl (C=O) groups excluding carboxylic acids is 3. The average molecular weight is 440 g/mol. The highest BCUT2D eigenvalue weighted by Crippen LogP contribution is 2.19. The van der Waals surface area contributed by atoms with Gasteiger partial charge in [-0.2, -0.15) is 0 Å². The Morgan fingerprint density at radius 2 is 1.97 bits per heavy atom. The Morgan fingerprint density at radius 1 is 1.16 bits per heavy atom. The fourth-order valence-corrected chi connectivity index (χ4v) is 3.36. The highest BCUT2D eigenvalue weighted by Gasteiger charge is 2.34. The molecule has 0 bridgehead atoms. The monoisotopic (exact) mass is 439 g/mol. The third-order valence-electron chi connectivity index (χ3n) is 5.00. The van der Waals surface area contributed by atoms with Crippen molar-refractivity contribution in [3.05, 3.63) is 60.2 Å². The molecule has 1 saturated heterocycles. The quantitative estimate of drug-likeness (QED) is 0.552. The minimum atomic E-state index is -0.858. The van der Waals surface area contributed by atoms with Crippen molar-refractivity contribution in [2.75, 3.05) is 31.6 Å². The lowest BCUT2D eigenvalue weighted by Crippen LogP contribution is -2.58. The van der Waals surface area contributed by atoms with Gasteiger partial charge in [0.1, 0.15) is 18.4 Å². The smallest absolute Gasteiger partial charge is 0.308 e. The first kappa shape index (κ1) is 23.1. The number of nitrogens with zero attached hydrogens (tertiary/aromatic N) is 1. The molecule has 1 unspecified atom stereocenters. The zero-order valence-electron chi connectivity index (χ0n) is 18.2. The molecule has 0 aliphatic carbocycles. The summed E-state index contributed by atoms with van der Waals surface area (Å²) in [4.78, 5) is 38.5. The second-order valence-electron chi connectivity index (χ2n) is 7.47. The molecule has 2 aromatic carbocycles. The third kappa shape index (κ3) is 6.73. The molecule has 1 aliphatic heterocycles. The van der Waals surface area contributed by atoms with E-state index in [2.05, 4.69) is 10.6 Å². The number of hydrogen-bond acceptors (Lipinski definition) is 6. The van der Waals surface area contributed by atoms with E-state index in [9.17, 15) is 14.4 Å². The van der Waals surface area contributed by atoms with Gasteiger partial charge in [-0.1, -0.05) is 43.3 Å². The molecular weight excluding hydrogens is 410 g/mol. The van der Waals surface area contributed by atoms with Crippen LogP contribution in [-0.4, -0.2) is 55.0 Å². The Bertz CT molecular complexity index is 919. The zero-order chi connectivity index (χ0) is 22.8. The van der Waals surface area contributed by atoms with Crippen LogP contribution in [0.25, 0.3) is 0 Å². The number of ether oxygens (including phenoxy) is 2. The number of anilines is 1. The van der Waals surface area contributed by atoms with Gasteiger partial charge in [0.05, 0.1) is 19.6 Å². The molecule has 1 fully saturated rings. The van der Waals surface area contributed by atoms with Crippen LogP contribution >= 0.6 is 0 Å². The zero-order valence-corrected chi connectivity index (χ0v) is 18.2. The van der Waals surface area contributed by atoms with Crippen molar-refractivity contribution in [1.82, 2.24) is 10.2 Å². The van der Waals surface area contributed by atoms with Gasteiger partial charge in [0.2, 0.25) is 11.8 Å². The number of hydrogen-bond donors (Lipinski definition) is 2. The van der Waals surface area contributed by atoms with Crippen molar-refractivity contribution < 1.29 is 23.9 Å². The van der Waals surface area contributed by atoms with E-state index >= 15 is 0 Å². The number of piperazine rings is 1. The summed E-state index contributed by atoms with van der Waals surface area (Å²) in [7, 11) is 0. The molecule has 8 heteroatoms. The number of amides is 2. The number of rotatable bonds is 10. The Balaban J connectivity index is 1.55. The van der Waals surface area contributed by atoms with Gasteiger partial charge in [0.15, 0.2) is 0 Å². The molecule has 170 valence electrons. The van der Waals surface area contributed by atoms with Gasteiger partial charge in [-0.3, -0.25) is 14.4 Å². The highest BCUT2D eigenvalue weighted by atomic mass is 16.5. The Hall–Kier alpha value is -3.55. The molecule has 0 spiro atoms. The van der Waals surface area contributed by atoms with E-state index in [-0.39, 0.29) is 24.8 Å². The molecule has 2 aromatic rings. The van der Waals surface area contributed by atoms with Crippen molar-refractivity contribution in [3.8, 4) is 5.75 Å². The van der Waals surface area contributed by atoms with Crippen molar-refractivity contribution in [2.45, 2.75) is 32.4 Å². The van der Waals surface area contributed by atoms with Crippen molar-refractivity contribution in [1.29, 1.82) is 0 Å². The summed E-state index contributed by atoms with van der Waals surface area (Å²) in [5.41, 5.74) is 1.79. The average Bonchev–Trinajstić information content (AvgIpc) is 2.82. The van der Waals surface area contributed by atoms with Crippen molar-refractivity contribution in [2.24, 2.45) is 0 Å². The van der Waals surface area contributed by atoms with Crippen LogP contribution in [0.2, 0.25) is 0 Å². The fourth-order valence-electron chi connectivity index (χ4n) is 3.36. The van der Waals surface area contributed by atoms with Crippen LogP contribution in [0.3, 0.4) is 0 Å². The summed E-state index contributed by atoms with van der Waals surface area (Å²) in [5, 5.41) is 5.79. The largest absolute Gasteiger partial charge is 0.489 e. The summed E-state index contributed by atoms with van der Waals surface area (Å²) in [5.74, 6) is -0.402. The number of benzene rings is 2. The maximum absolute atomic E-state index is 12.8. The lowest BCUT2D eigenvalue weighted by molar-refractivity contribution is -0.151. The molecule has 3 rings (SSSR count). The maximum Gasteiger partial charge on any atom is 0.308 e. The molecule has 1 atom stereocenters. The molecule has 32 heavy (non-hydrogen) atoms.